The second kappa shape index (κ2) is 40.5. The molecule has 0 aliphatic heterocycles. The molecule has 1 unspecified atom stereocenters. The van der Waals surface area contributed by atoms with Gasteiger partial charge in [0, 0.05) is 130 Å². The van der Waals surface area contributed by atoms with Crippen LogP contribution in [-0.2, 0) is 45.6 Å². The first-order valence-corrected chi connectivity index (χ1v) is 48.2. The number of pyridine rings is 4. The number of benzene rings is 3. The number of aromatic nitrogens is 16. The smallest absolute Gasteiger partial charge is 0.407 e. The van der Waals surface area contributed by atoms with Crippen LogP contribution in [0, 0.1) is 44.0 Å². The molecule has 3 fully saturated rings. The van der Waals surface area contributed by atoms with Gasteiger partial charge in [0.05, 0.1) is 83.5 Å². The van der Waals surface area contributed by atoms with E-state index in [9.17, 15) is 51.8 Å². The van der Waals surface area contributed by atoms with E-state index in [0.29, 0.717) is 67.7 Å². The minimum absolute atomic E-state index is 0. The summed E-state index contributed by atoms with van der Waals surface area (Å²) >= 11 is 24.5. The predicted molar refractivity (Wildman–Crippen MR) is 497 cm³/mol. The number of hydrogen-bond donors (Lipinski definition) is 7. The van der Waals surface area contributed by atoms with Crippen LogP contribution in [0.3, 0.4) is 0 Å². The largest absolute Gasteiger partial charge is 0.453 e. The van der Waals surface area contributed by atoms with E-state index < -0.39 is 70.2 Å². The van der Waals surface area contributed by atoms with Crippen molar-refractivity contribution in [2.45, 2.75) is 161 Å². The van der Waals surface area contributed by atoms with Crippen molar-refractivity contribution in [1.82, 2.24) is 87.3 Å². The fraction of sp³-hybridized carbons (Fsp3) is 0.284. The van der Waals surface area contributed by atoms with Crippen molar-refractivity contribution in [3.63, 3.8) is 0 Å². The van der Waals surface area contributed by atoms with Gasteiger partial charge in [-0.3, -0.25) is 4.21 Å². The second-order valence-electron chi connectivity index (χ2n) is 31.2. The first-order chi connectivity index (χ1) is 62.2. The molecule has 18 rings (SSSR count). The van der Waals surface area contributed by atoms with E-state index in [1.165, 1.54) is 106 Å². The van der Waals surface area contributed by atoms with Gasteiger partial charge in [-0.05, 0) is 127 Å². The lowest BCUT2D eigenvalue weighted by atomic mass is 9.90. The van der Waals surface area contributed by atoms with Gasteiger partial charge in [0.15, 0.2) is 86.0 Å². The maximum atomic E-state index is 14.9. The van der Waals surface area contributed by atoms with E-state index in [4.69, 9.17) is 56.9 Å². The number of methoxy groups -OCH3 is 1. The van der Waals surface area contributed by atoms with Gasteiger partial charge in [-0.1, -0.05) is 145 Å². The number of H-pyrrole nitrogens is 1. The lowest BCUT2D eigenvalue weighted by Gasteiger charge is -2.32. The summed E-state index contributed by atoms with van der Waals surface area (Å²) in [5.74, 6) is -1.72. The fourth-order valence-electron chi connectivity index (χ4n) is 15.6. The summed E-state index contributed by atoms with van der Waals surface area (Å²) in [6.07, 6.45) is 27.6. The van der Waals surface area contributed by atoms with Gasteiger partial charge in [0.1, 0.15) is 5.65 Å². The number of carbonyl (C=O) groups excluding carboxylic acids is 1. The number of fused-ring (bicyclic) bond motifs is 4. The molecule has 0 radical (unpaired) electrons. The number of amides is 1. The molecular formula is C88H88Cl4F4N22O9S4. The van der Waals surface area contributed by atoms with E-state index in [0.717, 1.165) is 116 Å². The Labute approximate surface area is 773 Å². The lowest BCUT2D eigenvalue weighted by Crippen LogP contribution is -2.48. The van der Waals surface area contributed by atoms with E-state index in [1.807, 2.05) is 27.8 Å². The predicted octanol–water partition coefficient (Wildman–Crippen LogP) is 17.4. The number of ether oxygens (including phenoxy) is 1. The van der Waals surface area contributed by atoms with E-state index >= 15 is 0 Å². The summed E-state index contributed by atoms with van der Waals surface area (Å²) in [5.41, 5.74) is 11.8. The Morgan fingerprint density at radius 3 is 1.16 bits per heavy atom. The average molecular weight is 1940 g/mol. The summed E-state index contributed by atoms with van der Waals surface area (Å²) in [6, 6.07) is 25.5. The number of aromatic amines is 1. The zero-order chi connectivity index (χ0) is 92.2. The zero-order valence-electron chi connectivity index (χ0n) is 70.2. The fourth-order valence-corrected chi connectivity index (χ4v) is 20.7. The number of alkyl carbamates (subject to hydrolysis) is 1. The molecule has 31 nitrogen and oxygen atoms in total. The standard InChI is InChI=1S/C26H26ClFN6O4S.C24H24ClFN6O2S.C19H14ClFN4O3S2.C18H20ClFN6.CH4/c1-15-7-9-17(10-8-15)39(36,37)34-14-19(18-11-16(27)12-30-25(18)34)23-29-13-20(28)24(33-23)31-21-5-3-4-6-22(21)32-26(35)38-2;1-14-6-8-16(9-7-14)35(33,34)32-13-18(17-10-15(25)11-29-24(17)32)22-28-12-19(26)23(31-22)30-21-5-3-2-4-20(21)27;1-11-3-5-13(6-4-11)30(27,28)25-10-15(14-7-12(20)8-23-18(14)25)17-22-9-16(21)19(24-17)29(2)26;1-21-14-4-2-3-5-15(14)25-18-13(20)9-24-17(26-18)12-8-23-16-11(12)6-10(19)7-22-16;/h7-14,21-22H,3-6H2,1-2H3,(H,32,35)(H,29,31,33);6-13,20-21H,2-5,27H2,1H3,(H,28,30,31);3-10H,1-2H3;6-9,14-15,21H,2-5H2,1H3,(H,22,23)(H,24,25,26);1H4/t21-,22-;20-,21-;;14-,15-;/m00.0./s1. The van der Waals surface area contributed by atoms with Gasteiger partial charge in [0.25, 0.3) is 30.1 Å². The van der Waals surface area contributed by atoms with Gasteiger partial charge in [0.2, 0.25) is 0 Å². The van der Waals surface area contributed by atoms with Crippen LogP contribution >= 0.6 is 46.4 Å². The van der Waals surface area contributed by atoms with Crippen LogP contribution in [0.1, 0.15) is 101 Å². The maximum Gasteiger partial charge on any atom is 0.407 e. The number of likely N-dealkylation sites (N-methyl/N-ethyl adjacent to an activating group) is 1. The molecule has 0 bridgehead atoms. The molecule has 1 amide bonds. The van der Waals surface area contributed by atoms with Crippen molar-refractivity contribution in [2.24, 2.45) is 5.73 Å². The van der Waals surface area contributed by atoms with Crippen molar-refractivity contribution in [1.29, 1.82) is 0 Å². The third-order valence-electron chi connectivity index (χ3n) is 22.3. The van der Waals surface area contributed by atoms with Crippen molar-refractivity contribution < 1.29 is 56.6 Å². The number of hydrogen-bond acceptors (Lipinski definition) is 26. The Morgan fingerprint density at radius 2 is 0.779 bits per heavy atom. The van der Waals surface area contributed by atoms with Gasteiger partial charge in [-0.25, -0.2) is 119 Å². The van der Waals surface area contributed by atoms with Crippen LogP contribution in [0.25, 0.3) is 89.7 Å². The molecule has 8 N–H and O–H groups in total. The highest BCUT2D eigenvalue weighted by Crippen LogP contribution is 2.39. The van der Waals surface area contributed by atoms with Crippen molar-refractivity contribution in [3.05, 3.63) is 231 Å². The summed E-state index contributed by atoms with van der Waals surface area (Å²) in [7, 11) is -10.5. The van der Waals surface area contributed by atoms with Crippen LogP contribution in [0.2, 0.25) is 20.1 Å². The average Bonchev–Trinajstić information content (AvgIpc) is 1.60. The zero-order valence-corrected chi connectivity index (χ0v) is 76.5. The van der Waals surface area contributed by atoms with Gasteiger partial charge in [-0.15, -0.1) is 0 Å². The molecule has 12 heterocycles. The normalized spacial score (nSPS) is 17.2. The number of carbonyl (C=O) groups is 1. The number of nitrogens with two attached hydrogens (primary N) is 1. The highest BCUT2D eigenvalue weighted by molar-refractivity contribution is 7.90. The van der Waals surface area contributed by atoms with Crippen LogP contribution in [-0.4, -0.2) is 169 Å². The Bertz CT molecular complexity index is 7180. The molecule has 131 heavy (non-hydrogen) atoms. The number of anilines is 3. The summed E-state index contributed by atoms with van der Waals surface area (Å²) in [5, 5.41) is 18.7. The number of aryl methyl sites for hydroxylation is 3. The number of nitrogens with zero attached hydrogens (tertiary/aromatic N) is 15. The molecule has 3 aromatic carbocycles. The molecule has 0 saturated heterocycles. The van der Waals surface area contributed by atoms with Crippen molar-refractivity contribution in [2.75, 3.05) is 36.4 Å². The van der Waals surface area contributed by atoms with Gasteiger partial charge >= 0.3 is 6.09 Å². The minimum Gasteiger partial charge on any atom is -0.453 e. The highest BCUT2D eigenvalue weighted by atomic mass is 35.5. The van der Waals surface area contributed by atoms with E-state index in [2.05, 4.69) is 91.4 Å². The Hall–Kier alpha value is -11.8. The summed E-state index contributed by atoms with van der Waals surface area (Å²) < 4.78 is 158. The molecule has 15 aromatic rings. The van der Waals surface area contributed by atoms with Gasteiger partial charge < -0.3 is 42.0 Å². The topological polar surface area (TPSA) is 417 Å². The second-order valence-corrected chi connectivity index (χ2v) is 39.7. The first kappa shape index (κ1) is 95.3. The third-order valence-corrected chi connectivity index (χ3v) is 29.0. The van der Waals surface area contributed by atoms with Crippen LogP contribution in [0.4, 0.5) is 39.8 Å². The molecule has 3 saturated carbocycles. The van der Waals surface area contributed by atoms with E-state index in [-0.39, 0.29) is 125 Å². The monoisotopic (exact) mass is 1940 g/mol. The molecular weight excluding hydrogens is 1860 g/mol. The minimum atomic E-state index is -4.03. The number of halogens is 8. The first-order valence-electron chi connectivity index (χ1n) is 40.9. The Kier molecular flexibility index (Phi) is 29.5. The molecule has 43 heteroatoms. The summed E-state index contributed by atoms with van der Waals surface area (Å²) in [4.78, 5) is 65.8. The molecule has 684 valence electrons. The van der Waals surface area contributed by atoms with Gasteiger partial charge in [-0.2, -0.15) is 0 Å². The van der Waals surface area contributed by atoms with Crippen LogP contribution in [0.15, 0.2) is 191 Å². The Morgan fingerprint density at radius 1 is 0.450 bits per heavy atom. The van der Waals surface area contributed by atoms with Crippen LogP contribution < -0.4 is 32.3 Å². The maximum absolute atomic E-state index is 14.9. The SMILES string of the molecule is C.CN[C@H]1CCCC[C@@H]1Nc1nc(-c2c[nH]c3ncc(Cl)cc23)ncc1F.COC(=O)N[C@H]1CCCC[C@@H]1Nc1nc(-c2cn(S(=O)(=O)c3ccc(C)cc3)c3ncc(Cl)cc23)ncc1F.Cc1ccc(S(=O)(=O)n2cc(-c3ncc(F)c(N[C@H]4CCCC[C@@H]4N)n3)c3cc(Cl)cnc32)cc1.Cc1ccc(S(=O)(=O)n2cc(-c3ncc(F)c(S(C)=O)n3)c3cc(Cl)cnc32)cc1. The van der Waals surface area contributed by atoms with Crippen molar-refractivity contribution >= 4 is 155 Å². The van der Waals surface area contributed by atoms with E-state index in [1.54, 1.807) is 67.0 Å². The number of rotatable bonds is 19. The molecule has 12 aromatic heterocycles. The third kappa shape index (κ3) is 20.9. The quantitative estimate of drug-likeness (QED) is 0.0292. The van der Waals surface area contributed by atoms with Crippen LogP contribution in [0.5, 0.6) is 0 Å². The molecule has 3 aliphatic rings. The lowest BCUT2D eigenvalue weighted by molar-refractivity contribution is 0.161. The molecule has 7 atom stereocenters. The Balaban J connectivity index is 0.000000142. The summed E-state index contributed by atoms with van der Waals surface area (Å²) in [6.45, 7) is 5.59. The molecule has 3 aliphatic carbocycles. The number of nitrogens with one attached hydrogen (secondary N) is 6. The highest BCUT2D eigenvalue weighted by Gasteiger charge is 2.34. The van der Waals surface area contributed by atoms with Crippen molar-refractivity contribution in [3.8, 4) is 45.6 Å². The molecule has 0 spiro atoms.